The number of aryl methyl sites for hydroxylation is 1. The molecule has 0 saturated carbocycles. The second kappa shape index (κ2) is 5.69. The summed E-state index contributed by atoms with van der Waals surface area (Å²) in [5.41, 5.74) is 2.96. The molecule has 2 rings (SSSR count). The molecule has 1 amide bonds. The largest absolute Gasteiger partial charge is 0.309 e. The third kappa shape index (κ3) is 3.22. The Kier molecular flexibility index (Phi) is 4.00. The molecule has 0 atom stereocenters. The fraction of sp³-hybridized carbons (Fsp3) is 0.333. The van der Waals surface area contributed by atoms with Crippen LogP contribution in [0, 0.1) is 12.8 Å². The topological polar surface area (TPSA) is 57.8 Å². The van der Waals surface area contributed by atoms with Gasteiger partial charge in [0.2, 0.25) is 5.91 Å². The van der Waals surface area contributed by atoms with Gasteiger partial charge < -0.3 is 5.32 Å². The lowest BCUT2D eigenvalue weighted by atomic mass is 10.1. The van der Waals surface area contributed by atoms with E-state index < -0.39 is 0 Å². The number of anilines is 1. The van der Waals surface area contributed by atoms with E-state index in [9.17, 15) is 4.79 Å². The van der Waals surface area contributed by atoms with Gasteiger partial charge in [-0.15, -0.1) is 0 Å². The molecule has 0 aliphatic heterocycles. The third-order valence-electron chi connectivity index (χ3n) is 2.86. The number of H-pyrrole nitrogens is 1. The van der Waals surface area contributed by atoms with E-state index in [4.69, 9.17) is 0 Å². The average molecular weight is 257 g/mol. The van der Waals surface area contributed by atoms with E-state index in [-0.39, 0.29) is 5.91 Å². The number of nitrogens with one attached hydrogen (secondary N) is 2. The van der Waals surface area contributed by atoms with Crippen LogP contribution in [0.4, 0.5) is 5.82 Å². The summed E-state index contributed by atoms with van der Waals surface area (Å²) in [7, 11) is 0. The quantitative estimate of drug-likeness (QED) is 0.882. The summed E-state index contributed by atoms with van der Waals surface area (Å²) >= 11 is 0. The van der Waals surface area contributed by atoms with Gasteiger partial charge in [0.05, 0.1) is 0 Å². The van der Waals surface area contributed by atoms with Crippen LogP contribution in [0.15, 0.2) is 30.3 Å². The van der Waals surface area contributed by atoms with Gasteiger partial charge in [0, 0.05) is 17.7 Å². The van der Waals surface area contributed by atoms with E-state index in [1.807, 2.05) is 51.1 Å². The summed E-state index contributed by atoms with van der Waals surface area (Å²) in [4.78, 5) is 11.9. The molecule has 4 nitrogen and oxygen atoms in total. The van der Waals surface area contributed by atoms with Gasteiger partial charge >= 0.3 is 0 Å². The minimum absolute atomic E-state index is 0.00122. The smallest absolute Gasteiger partial charge is 0.225 e. The molecular weight excluding hydrogens is 238 g/mol. The predicted octanol–water partition coefficient (Wildman–Crippen LogP) is 3.37. The Bertz CT molecular complexity index is 558. The lowest BCUT2D eigenvalue weighted by Gasteiger charge is -2.07. The minimum Gasteiger partial charge on any atom is -0.309 e. The van der Waals surface area contributed by atoms with Crippen molar-refractivity contribution in [3.05, 3.63) is 36.0 Å². The van der Waals surface area contributed by atoms with Crippen molar-refractivity contribution in [2.75, 3.05) is 5.32 Å². The van der Waals surface area contributed by atoms with Gasteiger partial charge in [-0.1, -0.05) is 44.2 Å². The molecule has 100 valence electrons. The number of benzene rings is 1. The molecule has 19 heavy (non-hydrogen) atoms. The van der Waals surface area contributed by atoms with Crippen LogP contribution in [0.2, 0.25) is 0 Å². The number of aromatic amines is 1. The van der Waals surface area contributed by atoms with Gasteiger partial charge in [-0.25, -0.2) is 0 Å². The van der Waals surface area contributed by atoms with Gasteiger partial charge in [-0.3, -0.25) is 9.89 Å². The van der Waals surface area contributed by atoms with Crippen molar-refractivity contribution < 1.29 is 4.79 Å². The van der Waals surface area contributed by atoms with Crippen LogP contribution < -0.4 is 5.32 Å². The lowest BCUT2D eigenvalue weighted by molar-refractivity contribution is -0.116. The van der Waals surface area contributed by atoms with Crippen LogP contribution in [0.5, 0.6) is 0 Å². The Morgan fingerprint density at radius 2 is 2.00 bits per heavy atom. The van der Waals surface area contributed by atoms with Gasteiger partial charge in [-0.2, -0.15) is 5.10 Å². The highest BCUT2D eigenvalue weighted by atomic mass is 16.1. The predicted molar refractivity (Wildman–Crippen MR) is 76.8 cm³/mol. The molecule has 0 spiro atoms. The zero-order valence-electron chi connectivity index (χ0n) is 11.5. The number of rotatable bonds is 4. The number of carbonyl (C=O) groups is 1. The number of hydrogen-bond acceptors (Lipinski definition) is 2. The van der Waals surface area contributed by atoms with Gasteiger partial charge in [-0.05, 0) is 18.4 Å². The lowest BCUT2D eigenvalue weighted by Crippen LogP contribution is -2.14. The molecule has 0 aliphatic carbocycles. The van der Waals surface area contributed by atoms with E-state index in [0.717, 1.165) is 16.8 Å². The van der Waals surface area contributed by atoms with Crippen LogP contribution in [-0.4, -0.2) is 16.1 Å². The molecule has 4 heteroatoms. The highest BCUT2D eigenvalue weighted by Gasteiger charge is 2.15. The number of amides is 1. The molecular formula is C15H19N3O. The molecule has 0 fully saturated rings. The summed E-state index contributed by atoms with van der Waals surface area (Å²) in [6.45, 7) is 5.99. The summed E-state index contributed by atoms with van der Waals surface area (Å²) in [6.07, 6.45) is 0.500. The second-order valence-electron chi connectivity index (χ2n) is 5.08. The van der Waals surface area contributed by atoms with E-state index in [0.29, 0.717) is 18.2 Å². The van der Waals surface area contributed by atoms with Crippen LogP contribution in [-0.2, 0) is 4.79 Å². The van der Waals surface area contributed by atoms with Crippen molar-refractivity contribution >= 4 is 11.7 Å². The zero-order chi connectivity index (χ0) is 13.8. The van der Waals surface area contributed by atoms with Crippen LogP contribution in [0.25, 0.3) is 11.1 Å². The fourth-order valence-electron chi connectivity index (χ4n) is 2.03. The first-order valence-electron chi connectivity index (χ1n) is 6.48. The maximum absolute atomic E-state index is 11.9. The van der Waals surface area contributed by atoms with E-state index in [2.05, 4.69) is 15.5 Å². The Morgan fingerprint density at radius 1 is 1.32 bits per heavy atom. The zero-order valence-corrected chi connectivity index (χ0v) is 11.5. The SMILES string of the molecule is Cc1[nH]nc(NC(=O)CC(C)C)c1-c1ccccc1. The molecule has 1 aromatic carbocycles. The van der Waals surface area contributed by atoms with Crippen molar-refractivity contribution in [3.63, 3.8) is 0 Å². The average Bonchev–Trinajstić information content (AvgIpc) is 2.70. The molecule has 0 saturated heterocycles. The molecule has 0 bridgehead atoms. The fourth-order valence-corrected chi connectivity index (χ4v) is 2.03. The van der Waals surface area contributed by atoms with Crippen LogP contribution in [0.3, 0.4) is 0 Å². The normalized spacial score (nSPS) is 10.7. The first kappa shape index (κ1) is 13.3. The standard InChI is InChI=1S/C15H19N3O/c1-10(2)9-13(19)16-15-14(11(3)17-18-15)12-7-5-4-6-8-12/h4-8,10H,9H2,1-3H3,(H2,16,17,18,19). The monoisotopic (exact) mass is 257 g/mol. The van der Waals surface area contributed by atoms with Gasteiger partial charge in [0.1, 0.15) is 0 Å². The Labute approximate surface area is 113 Å². The molecule has 0 aliphatic rings. The first-order chi connectivity index (χ1) is 9.08. The minimum atomic E-state index is -0.00122. The van der Waals surface area contributed by atoms with Crippen LogP contribution in [0.1, 0.15) is 26.0 Å². The second-order valence-corrected chi connectivity index (χ2v) is 5.08. The highest BCUT2D eigenvalue weighted by molar-refractivity contribution is 5.94. The molecule has 2 N–H and O–H groups in total. The van der Waals surface area contributed by atoms with Crippen molar-refractivity contribution in [2.45, 2.75) is 27.2 Å². The Hall–Kier alpha value is -2.10. The molecule has 1 aromatic heterocycles. The molecule has 1 heterocycles. The number of aromatic nitrogens is 2. The summed E-state index contributed by atoms with van der Waals surface area (Å²) < 4.78 is 0. The molecule has 2 aromatic rings. The van der Waals surface area contributed by atoms with E-state index in [1.165, 1.54) is 0 Å². The third-order valence-corrected chi connectivity index (χ3v) is 2.86. The van der Waals surface area contributed by atoms with Crippen LogP contribution >= 0.6 is 0 Å². The maximum atomic E-state index is 11.9. The Balaban J connectivity index is 2.26. The molecule has 0 radical (unpaired) electrons. The Morgan fingerprint density at radius 3 is 2.63 bits per heavy atom. The van der Waals surface area contributed by atoms with Gasteiger partial charge in [0.25, 0.3) is 0 Å². The maximum Gasteiger partial charge on any atom is 0.225 e. The van der Waals surface area contributed by atoms with Crippen molar-refractivity contribution in [2.24, 2.45) is 5.92 Å². The summed E-state index contributed by atoms with van der Waals surface area (Å²) in [5.74, 6) is 0.938. The van der Waals surface area contributed by atoms with Gasteiger partial charge in [0.15, 0.2) is 5.82 Å². The van der Waals surface area contributed by atoms with Crippen molar-refractivity contribution in [1.82, 2.24) is 10.2 Å². The number of carbonyl (C=O) groups excluding carboxylic acids is 1. The number of hydrogen-bond donors (Lipinski definition) is 2. The van der Waals surface area contributed by atoms with Crippen molar-refractivity contribution in [3.8, 4) is 11.1 Å². The van der Waals surface area contributed by atoms with E-state index >= 15 is 0 Å². The first-order valence-corrected chi connectivity index (χ1v) is 6.48. The molecule has 0 unspecified atom stereocenters. The highest BCUT2D eigenvalue weighted by Crippen LogP contribution is 2.29. The summed E-state index contributed by atoms with van der Waals surface area (Å²) in [6, 6.07) is 9.94. The van der Waals surface area contributed by atoms with Crippen molar-refractivity contribution in [1.29, 1.82) is 0 Å². The number of nitrogens with zero attached hydrogens (tertiary/aromatic N) is 1. The summed E-state index contributed by atoms with van der Waals surface area (Å²) in [5, 5.41) is 9.99. The van der Waals surface area contributed by atoms with E-state index in [1.54, 1.807) is 0 Å².